The highest BCUT2D eigenvalue weighted by Crippen LogP contribution is 2.36. The summed E-state index contributed by atoms with van der Waals surface area (Å²) in [6.07, 6.45) is 1.40. The number of nitrogens with one attached hydrogen (secondary N) is 2. The first-order chi connectivity index (χ1) is 16.3. The van der Waals surface area contributed by atoms with Crippen molar-refractivity contribution in [3.8, 4) is 5.75 Å². The summed E-state index contributed by atoms with van der Waals surface area (Å²) in [6.45, 7) is 5.05. The summed E-state index contributed by atoms with van der Waals surface area (Å²) in [5, 5.41) is 5.31. The van der Waals surface area contributed by atoms with Gasteiger partial charge in [-0.15, -0.1) is 0 Å². The third-order valence-electron chi connectivity index (χ3n) is 5.93. The first-order valence-corrected chi connectivity index (χ1v) is 11.8. The Bertz CT molecular complexity index is 1240. The molecule has 1 fully saturated rings. The van der Waals surface area contributed by atoms with Crippen molar-refractivity contribution in [2.24, 2.45) is 0 Å². The van der Waals surface area contributed by atoms with Crippen LogP contribution >= 0.6 is 23.2 Å². The third kappa shape index (κ3) is 4.52. The molecule has 1 amide bonds. The lowest BCUT2D eigenvalue weighted by Crippen LogP contribution is -2.45. The zero-order valence-electron chi connectivity index (χ0n) is 19.2. The van der Waals surface area contributed by atoms with Crippen LogP contribution in [-0.4, -0.2) is 54.7 Å². The third-order valence-corrected chi connectivity index (χ3v) is 6.88. The predicted octanol–water partition coefficient (Wildman–Crippen LogP) is 4.76. The van der Waals surface area contributed by atoms with Gasteiger partial charge in [0.05, 0.1) is 23.8 Å². The van der Waals surface area contributed by atoms with Gasteiger partial charge in [0.25, 0.3) is 5.91 Å². The summed E-state index contributed by atoms with van der Waals surface area (Å²) in [6, 6.07) is 7.66. The van der Waals surface area contributed by atoms with Gasteiger partial charge in [0.2, 0.25) is 0 Å². The van der Waals surface area contributed by atoms with Crippen LogP contribution in [0.15, 0.2) is 24.3 Å². The molecule has 1 saturated heterocycles. The highest BCUT2D eigenvalue weighted by Gasteiger charge is 2.28. The van der Waals surface area contributed by atoms with Crippen LogP contribution in [0.1, 0.15) is 46.4 Å². The Hall–Kier alpha value is -2.97. The Morgan fingerprint density at radius 2 is 1.85 bits per heavy atom. The Morgan fingerprint density at radius 3 is 2.44 bits per heavy atom. The molecule has 1 aromatic carbocycles. The Balaban J connectivity index is 1.55. The van der Waals surface area contributed by atoms with Crippen molar-refractivity contribution in [2.75, 3.05) is 31.7 Å². The van der Waals surface area contributed by atoms with Crippen LogP contribution in [-0.2, 0) is 4.74 Å². The SMILES string of the molecule is CCOC(=O)c1nc(N2CCC(NC(=O)c3[nH]c(C)c(Cl)c3Cl)CC2)c2ccccc2c1OC. The average molecular weight is 505 g/mol. The second kappa shape index (κ2) is 10.1. The molecular formula is C24H26Cl2N4O4. The molecule has 0 atom stereocenters. The molecule has 3 heterocycles. The van der Waals surface area contributed by atoms with Crippen LogP contribution < -0.4 is 15.0 Å². The highest BCUT2D eigenvalue weighted by molar-refractivity contribution is 6.44. The lowest BCUT2D eigenvalue weighted by Gasteiger charge is -2.34. The van der Waals surface area contributed by atoms with Gasteiger partial charge in [-0.1, -0.05) is 47.5 Å². The van der Waals surface area contributed by atoms with Gasteiger partial charge in [-0.05, 0) is 26.7 Å². The number of rotatable bonds is 6. The summed E-state index contributed by atoms with van der Waals surface area (Å²) >= 11 is 12.3. The van der Waals surface area contributed by atoms with Crippen LogP contribution in [0.5, 0.6) is 5.75 Å². The van der Waals surface area contributed by atoms with Crippen molar-refractivity contribution in [2.45, 2.75) is 32.7 Å². The van der Waals surface area contributed by atoms with Gasteiger partial charge in [0, 0.05) is 35.6 Å². The Kier molecular flexibility index (Phi) is 7.19. The molecule has 1 aliphatic heterocycles. The lowest BCUT2D eigenvalue weighted by atomic mass is 10.0. The van der Waals surface area contributed by atoms with E-state index in [1.807, 2.05) is 24.3 Å². The number of piperidine rings is 1. The number of carbonyl (C=O) groups excluding carboxylic acids is 2. The Labute approximate surface area is 207 Å². The van der Waals surface area contributed by atoms with Gasteiger partial charge in [0.1, 0.15) is 11.5 Å². The molecule has 0 aliphatic carbocycles. The molecule has 0 radical (unpaired) electrons. The minimum atomic E-state index is -0.523. The number of fused-ring (bicyclic) bond motifs is 1. The molecule has 2 N–H and O–H groups in total. The van der Waals surface area contributed by atoms with Crippen LogP contribution in [0.25, 0.3) is 10.8 Å². The minimum absolute atomic E-state index is 0.0313. The van der Waals surface area contributed by atoms with Crippen LogP contribution in [0, 0.1) is 6.92 Å². The number of ether oxygens (including phenoxy) is 2. The number of methoxy groups -OCH3 is 1. The van der Waals surface area contributed by atoms with E-state index in [-0.39, 0.29) is 35.0 Å². The largest absolute Gasteiger partial charge is 0.494 e. The first kappa shape index (κ1) is 24.2. The highest BCUT2D eigenvalue weighted by atomic mass is 35.5. The second-order valence-electron chi connectivity index (χ2n) is 8.07. The number of carbonyl (C=O) groups is 2. The molecule has 3 aromatic rings. The molecule has 0 unspecified atom stereocenters. The number of benzene rings is 1. The molecule has 4 rings (SSSR count). The van der Waals surface area contributed by atoms with E-state index < -0.39 is 5.97 Å². The summed E-state index contributed by atoms with van der Waals surface area (Å²) in [5.41, 5.74) is 1.08. The van der Waals surface area contributed by atoms with E-state index in [4.69, 9.17) is 32.7 Å². The van der Waals surface area contributed by atoms with Gasteiger partial charge < -0.3 is 24.7 Å². The van der Waals surface area contributed by atoms with E-state index in [0.717, 1.165) is 10.8 Å². The molecule has 180 valence electrons. The normalized spacial score (nSPS) is 14.3. The van der Waals surface area contributed by atoms with Crippen molar-refractivity contribution in [1.82, 2.24) is 15.3 Å². The number of amides is 1. The number of esters is 1. The topological polar surface area (TPSA) is 96.5 Å². The average Bonchev–Trinajstić information content (AvgIpc) is 3.11. The Morgan fingerprint density at radius 1 is 1.18 bits per heavy atom. The number of anilines is 1. The minimum Gasteiger partial charge on any atom is -0.494 e. The number of aromatic nitrogens is 2. The van der Waals surface area contributed by atoms with Gasteiger partial charge >= 0.3 is 5.97 Å². The zero-order valence-corrected chi connectivity index (χ0v) is 20.7. The van der Waals surface area contributed by atoms with E-state index in [2.05, 4.69) is 20.2 Å². The summed E-state index contributed by atoms with van der Waals surface area (Å²) in [7, 11) is 1.52. The fourth-order valence-corrected chi connectivity index (χ4v) is 4.64. The molecule has 0 saturated carbocycles. The summed E-state index contributed by atoms with van der Waals surface area (Å²) < 4.78 is 10.8. The number of aromatic amines is 1. The maximum absolute atomic E-state index is 12.7. The molecule has 0 spiro atoms. The molecule has 8 nitrogen and oxygen atoms in total. The number of pyridine rings is 1. The van der Waals surface area contributed by atoms with Crippen molar-refractivity contribution in [3.63, 3.8) is 0 Å². The van der Waals surface area contributed by atoms with Gasteiger partial charge in [-0.25, -0.2) is 9.78 Å². The molecular weight excluding hydrogens is 479 g/mol. The second-order valence-corrected chi connectivity index (χ2v) is 8.83. The quantitative estimate of drug-likeness (QED) is 0.469. The van der Waals surface area contributed by atoms with Crippen molar-refractivity contribution in [1.29, 1.82) is 0 Å². The fourth-order valence-electron chi connectivity index (χ4n) is 4.23. The van der Waals surface area contributed by atoms with Crippen LogP contribution in [0.4, 0.5) is 5.82 Å². The number of halogens is 2. The monoisotopic (exact) mass is 504 g/mol. The van der Waals surface area contributed by atoms with Gasteiger partial charge in [-0.2, -0.15) is 0 Å². The molecule has 2 aromatic heterocycles. The van der Waals surface area contributed by atoms with Gasteiger partial charge in [-0.3, -0.25) is 4.79 Å². The summed E-state index contributed by atoms with van der Waals surface area (Å²) in [4.78, 5) is 35.0. The predicted molar refractivity (Wildman–Crippen MR) is 133 cm³/mol. The molecule has 34 heavy (non-hydrogen) atoms. The maximum Gasteiger partial charge on any atom is 0.360 e. The summed E-state index contributed by atoms with van der Waals surface area (Å²) in [5.74, 6) is 0.289. The van der Waals surface area contributed by atoms with E-state index in [9.17, 15) is 9.59 Å². The van der Waals surface area contributed by atoms with E-state index in [1.165, 1.54) is 7.11 Å². The van der Waals surface area contributed by atoms with Crippen LogP contribution in [0.2, 0.25) is 10.0 Å². The molecule has 1 aliphatic rings. The number of aryl methyl sites for hydroxylation is 1. The van der Waals surface area contributed by atoms with E-state index >= 15 is 0 Å². The number of hydrogen-bond donors (Lipinski definition) is 2. The number of hydrogen-bond acceptors (Lipinski definition) is 6. The van der Waals surface area contributed by atoms with E-state index in [0.29, 0.717) is 48.2 Å². The maximum atomic E-state index is 12.7. The van der Waals surface area contributed by atoms with Crippen molar-refractivity contribution in [3.05, 3.63) is 51.4 Å². The molecule has 0 bridgehead atoms. The van der Waals surface area contributed by atoms with Crippen LogP contribution in [0.3, 0.4) is 0 Å². The van der Waals surface area contributed by atoms with Crippen molar-refractivity contribution < 1.29 is 19.1 Å². The molecule has 10 heteroatoms. The number of nitrogens with zero attached hydrogens (tertiary/aromatic N) is 2. The van der Waals surface area contributed by atoms with E-state index in [1.54, 1.807) is 13.8 Å². The smallest absolute Gasteiger partial charge is 0.360 e. The number of H-pyrrole nitrogens is 1. The lowest BCUT2D eigenvalue weighted by molar-refractivity contribution is 0.0515. The fraction of sp³-hybridized carbons (Fsp3) is 0.375. The first-order valence-electron chi connectivity index (χ1n) is 11.1. The van der Waals surface area contributed by atoms with Crippen molar-refractivity contribution >= 4 is 51.7 Å². The standard InChI is InChI=1S/C24H26Cl2N4O4/c1-4-34-24(32)20-21(33-3)15-7-5-6-8-16(15)22(29-20)30-11-9-14(10-12-30)28-23(31)19-18(26)17(25)13(2)27-19/h5-8,14,27H,4,9-12H2,1-3H3,(H,28,31). The van der Waals surface area contributed by atoms with Gasteiger partial charge in [0.15, 0.2) is 11.4 Å². The zero-order chi connectivity index (χ0) is 24.4.